The number of aliphatic hydroxyl groups is 11. The quantitative estimate of drug-likeness (QED) is 0.0199. The third-order valence-electron chi connectivity index (χ3n) is 19.7. The van der Waals surface area contributed by atoms with Crippen LogP contribution in [0.4, 0.5) is 0 Å². The van der Waals surface area contributed by atoms with Crippen molar-refractivity contribution < 1.29 is 89.4 Å². The molecule has 0 aromatic heterocycles. The summed E-state index contributed by atoms with van der Waals surface area (Å²) in [5.74, 6) is -0.287. The Morgan fingerprint density at radius 2 is 0.700 bits per heavy atom. The summed E-state index contributed by atoms with van der Waals surface area (Å²) in [5.41, 5.74) is 0. The van der Waals surface area contributed by atoms with Crippen molar-refractivity contribution in [1.29, 1.82) is 0 Å². The van der Waals surface area contributed by atoms with Gasteiger partial charge < -0.3 is 89.9 Å². The smallest absolute Gasteiger partial charge is 0.220 e. The second kappa shape index (κ2) is 61.4. The standard InChI is InChI=1S/C81H145NO18/c1-3-5-7-9-11-13-15-17-19-21-23-25-27-29-30-31-32-33-35-36-38-40-42-44-46-48-50-52-54-56-58-65(86)64(82-69(87)59-57-55-53-51-49-47-45-43-41-39-37-34-28-26-24-22-20-18-16-14-12-10-8-6-4-2)63-95-79-75(93)72(90)77(67(61-84)97-79)100-81-76(94)73(91)78(68(62-85)98-81)99-80-74(92)71(89)70(88)66(60-83)96-80/h6,8,12,14,18,20,24,26,48,50,56,58,64-68,70-81,83-86,88-94H,3-5,7,9-11,13,15-17,19,21-23,25,27-47,49,51-55,57,59-63H2,1-2H3,(H,82,87)/b8-6-,14-12-,20-18-,26-24-,50-48+,58-56+. The lowest BCUT2D eigenvalue weighted by Gasteiger charge is -2.48. The van der Waals surface area contributed by atoms with E-state index in [1.165, 1.54) is 193 Å². The molecule has 0 radical (unpaired) electrons. The fourth-order valence-corrected chi connectivity index (χ4v) is 13.3. The van der Waals surface area contributed by atoms with E-state index in [0.717, 1.165) is 77.0 Å². The van der Waals surface area contributed by atoms with Gasteiger partial charge in [0, 0.05) is 6.42 Å². The Labute approximate surface area is 604 Å². The highest BCUT2D eigenvalue weighted by Gasteiger charge is 2.54. The number of hydrogen-bond acceptors (Lipinski definition) is 18. The highest BCUT2D eigenvalue weighted by molar-refractivity contribution is 5.76. The van der Waals surface area contributed by atoms with Crippen LogP contribution in [0.1, 0.15) is 303 Å². The van der Waals surface area contributed by atoms with Crippen LogP contribution in [0.2, 0.25) is 0 Å². The first-order valence-electron chi connectivity index (χ1n) is 40.2. The number of aliphatic hydroxyl groups excluding tert-OH is 11. The molecule has 0 aliphatic carbocycles. The lowest BCUT2D eigenvalue weighted by molar-refractivity contribution is -0.379. The van der Waals surface area contributed by atoms with Crippen LogP contribution >= 0.6 is 0 Å². The predicted octanol–water partition coefficient (Wildman–Crippen LogP) is 13.2. The Kier molecular flexibility index (Phi) is 56.1. The summed E-state index contributed by atoms with van der Waals surface area (Å²) >= 11 is 0. The molecule has 0 aromatic carbocycles. The monoisotopic (exact) mass is 1420 g/mol. The van der Waals surface area contributed by atoms with Gasteiger partial charge in [-0.3, -0.25) is 4.79 Å². The zero-order chi connectivity index (χ0) is 72.5. The lowest BCUT2D eigenvalue weighted by Crippen LogP contribution is -2.66. The van der Waals surface area contributed by atoms with Crippen molar-refractivity contribution in [3.63, 3.8) is 0 Å². The minimum atomic E-state index is -1.98. The van der Waals surface area contributed by atoms with Crippen molar-refractivity contribution in [2.45, 2.75) is 407 Å². The predicted molar refractivity (Wildman–Crippen MR) is 397 cm³/mol. The number of hydrogen-bond donors (Lipinski definition) is 12. The van der Waals surface area contributed by atoms with Crippen LogP contribution in [-0.2, 0) is 33.2 Å². The molecule has 19 nitrogen and oxygen atoms in total. The number of nitrogens with one attached hydrogen (secondary N) is 1. The maximum absolute atomic E-state index is 13.5. The van der Waals surface area contributed by atoms with Gasteiger partial charge in [0.15, 0.2) is 18.9 Å². The van der Waals surface area contributed by atoms with Gasteiger partial charge >= 0.3 is 0 Å². The van der Waals surface area contributed by atoms with E-state index in [2.05, 4.69) is 79.9 Å². The second-order valence-electron chi connectivity index (χ2n) is 28.5. The summed E-state index contributed by atoms with van der Waals surface area (Å²) in [6.07, 6.45) is 53.2. The van der Waals surface area contributed by atoms with Crippen LogP contribution in [0.5, 0.6) is 0 Å². The molecule has 3 aliphatic rings. The molecule has 3 saturated heterocycles. The van der Waals surface area contributed by atoms with Crippen molar-refractivity contribution in [2.24, 2.45) is 0 Å². The molecule has 17 unspecified atom stereocenters. The Hall–Kier alpha value is -2.77. The molecule has 3 rings (SSSR count). The molecule has 582 valence electrons. The zero-order valence-corrected chi connectivity index (χ0v) is 62.2. The molecule has 19 heteroatoms. The number of carbonyl (C=O) groups is 1. The molecular weight excluding hydrogens is 1270 g/mol. The number of ether oxygens (including phenoxy) is 6. The van der Waals surface area contributed by atoms with Crippen LogP contribution < -0.4 is 5.32 Å². The van der Waals surface area contributed by atoms with Crippen LogP contribution in [0.3, 0.4) is 0 Å². The molecule has 3 aliphatic heterocycles. The number of rotatable bonds is 63. The molecule has 0 spiro atoms. The molecule has 1 amide bonds. The summed E-state index contributed by atoms with van der Waals surface area (Å²) < 4.78 is 34.4. The Morgan fingerprint density at radius 3 is 1.12 bits per heavy atom. The van der Waals surface area contributed by atoms with E-state index in [9.17, 15) is 61.0 Å². The first kappa shape index (κ1) is 91.4. The molecule has 100 heavy (non-hydrogen) atoms. The molecule has 3 heterocycles. The number of unbranched alkanes of at least 4 members (excludes halogenated alkanes) is 37. The Balaban J connectivity index is 1.39. The Morgan fingerprint density at radius 1 is 0.370 bits per heavy atom. The molecule has 3 fully saturated rings. The van der Waals surface area contributed by atoms with Gasteiger partial charge in [0.2, 0.25) is 5.91 Å². The maximum Gasteiger partial charge on any atom is 0.220 e. The highest BCUT2D eigenvalue weighted by atomic mass is 16.8. The lowest BCUT2D eigenvalue weighted by atomic mass is 9.96. The minimum Gasteiger partial charge on any atom is -0.394 e. The van der Waals surface area contributed by atoms with Gasteiger partial charge in [0.05, 0.1) is 38.6 Å². The number of amides is 1. The van der Waals surface area contributed by atoms with E-state index in [1.54, 1.807) is 6.08 Å². The van der Waals surface area contributed by atoms with Gasteiger partial charge in [0.25, 0.3) is 0 Å². The normalized spacial score (nSPS) is 26.8. The second-order valence-corrected chi connectivity index (χ2v) is 28.5. The van der Waals surface area contributed by atoms with Crippen molar-refractivity contribution >= 4 is 5.91 Å². The van der Waals surface area contributed by atoms with E-state index in [4.69, 9.17) is 28.4 Å². The molecule has 12 N–H and O–H groups in total. The Bertz CT molecular complexity index is 2090. The zero-order valence-electron chi connectivity index (χ0n) is 62.2. The molecule has 0 bridgehead atoms. The van der Waals surface area contributed by atoms with Gasteiger partial charge in [-0.25, -0.2) is 0 Å². The van der Waals surface area contributed by atoms with Gasteiger partial charge in [0.1, 0.15) is 73.2 Å². The summed E-state index contributed by atoms with van der Waals surface area (Å²) in [7, 11) is 0. The number of carbonyl (C=O) groups excluding carboxylic acids is 1. The van der Waals surface area contributed by atoms with Crippen molar-refractivity contribution in [3.8, 4) is 0 Å². The van der Waals surface area contributed by atoms with Gasteiger partial charge in [-0.2, -0.15) is 0 Å². The van der Waals surface area contributed by atoms with Crippen LogP contribution in [-0.4, -0.2) is 193 Å². The minimum absolute atomic E-state index is 0.230. The van der Waals surface area contributed by atoms with E-state index in [0.29, 0.717) is 12.8 Å². The van der Waals surface area contributed by atoms with E-state index in [1.807, 2.05) is 6.08 Å². The van der Waals surface area contributed by atoms with Gasteiger partial charge in [-0.05, 0) is 70.6 Å². The van der Waals surface area contributed by atoms with Crippen molar-refractivity contribution in [1.82, 2.24) is 5.32 Å². The molecule has 17 atom stereocenters. The molecule has 0 aromatic rings. The average molecular weight is 1420 g/mol. The summed E-state index contributed by atoms with van der Waals surface area (Å²) in [6.45, 7) is 1.64. The third kappa shape index (κ3) is 41.2. The SMILES string of the molecule is CC/C=C\C/C=C\C/C=C\C/C=C\CCCCCCCCCCCCCCC(=O)NC(COC1OC(CO)C(OC2OC(CO)C(OC3OC(CO)C(O)C(O)C3O)C(O)C2O)C(O)C1O)C(O)/C=C/CC/C=C/CCCCCCCCCCCCCCCCCCCCCCCCCC. The van der Waals surface area contributed by atoms with E-state index in [-0.39, 0.29) is 18.9 Å². The summed E-state index contributed by atoms with van der Waals surface area (Å²) in [5, 5.41) is 121. The van der Waals surface area contributed by atoms with E-state index < -0.39 is 124 Å². The molecular formula is C81H145NO18. The summed E-state index contributed by atoms with van der Waals surface area (Å²) in [4.78, 5) is 13.5. The van der Waals surface area contributed by atoms with Gasteiger partial charge in [-0.1, -0.05) is 299 Å². The summed E-state index contributed by atoms with van der Waals surface area (Å²) in [6, 6.07) is -0.997. The van der Waals surface area contributed by atoms with Crippen LogP contribution in [0, 0.1) is 0 Å². The first-order chi connectivity index (χ1) is 48.8. The largest absolute Gasteiger partial charge is 0.394 e. The fourth-order valence-electron chi connectivity index (χ4n) is 13.3. The maximum atomic E-state index is 13.5. The van der Waals surface area contributed by atoms with E-state index >= 15 is 0 Å². The number of allylic oxidation sites excluding steroid dienone is 11. The van der Waals surface area contributed by atoms with Crippen molar-refractivity contribution in [3.05, 3.63) is 72.9 Å². The van der Waals surface area contributed by atoms with Gasteiger partial charge in [-0.15, -0.1) is 0 Å². The molecule has 0 saturated carbocycles. The van der Waals surface area contributed by atoms with Crippen molar-refractivity contribution in [2.75, 3.05) is 26.4 Å². The third-order valence-corrected chi connectivity index (χ3v) is 19.7. The first-order valence-corrected chi connectivity index (χ1v) is 40.2. The van der Waals surface area contributed by atoms with Crippen LogP contribution in [0.25, 0.3) is 0 Å². The van der Waals surface area contributed by atoms with Crippen LogP contribution in [0.15, 0.2) is 72.9 Å². The topological polar surface area (TPSA) is 307 Å². The highest BCUT2D eigenvalue weighted by Crippen LogP contribution is 2.33. The fraction of sp³-hybridized carbons (Fsp3) is 0.840. The average Bonchev–Trinajstić information content (AvgIpc) is 0.783.